The molecule has 0 heterocycles. The van der Waals surface area contributed by atoms with Crippen LogP contribution in [0.5, 0.6) is 0 Å². The summed E-state index contributed by atoms with van der Waals surface area (Å²) in [5.74, 6) is -4.25. The lowest BCUT2D eigenvalue weighted by molar-refractivity contribution is -0.139. The minimum absolute atomic E-state index is 0.204. The van der Waals surface area contributed by atoms with E-state index in [1.807, 2.05) is 5.32 Å². The van der Waals surface area contributed by atoms with E-state index in [9.17, 15) is 18.4 Å². The third-order valence-electron chi connectivity index (χ3n) is 2.20. The second kappa shape index (κ2) is 6.06. The van der Waals surface area contributed by atoms with Crippen LogP contribution in [0.1, 0.15) is 16.8 Å². The van der Waals surface area contributed by atoms with Crippen LogP contribution in [0.15, 0.2) is 18.2 Å². The van der Waals surface area contributed by atoms with E-state index >= 15 is 0 Å². The molecule has 0 fully saturated rings. The summed E-state index contributed by atoms with van der Waals surface area (Å²) in [7, 11) is 0. The number of rotatable bonds is 5. The Morgan fingerprint density at radius 2 is 2.00 bits per heavy atom. The highest BCUT2D eigenvalue weighted by atomic mass is 19.1. The van der Waals surface area contributed by atoms with E-state index in [0.717, 1.165) is 12.1 Å². The molecule has 1 atom stereocenters. The number of aliphatic carboxylic acids is 1. The van der Waals surface area contributed by atoms with Crippen molar-refractivity contribution in [2.24, 2.45) is 0 Å². The Bertz CT molecular complexity index is 464. The first-order chi connectivity index (χ1) is 8.45. The Hall–Kier alpha value is -2.02. The summed E-state index contributed by atoms with van der Waals surface area (Å²) in [6, 6.07) is 1.00. The van der Waals surface area contributed by atoms with Crippen molar-refractivity contribution in [2.45, 2.75) is 12.5 Å². The van der Waals surface area contributed by atoms with E-state index < -0.39 is 41.7 Å². The Balaban J connectivity index is 2.83. The van der Waals surface area contributed by atoms with E-state index in [2.05, 4.69) is 0 Å². The number of halogens is 2. The first kappa shape index (κ1) is 14.0. The van der Waals surface area contributed by atoms with Crippen LogP contribution in [0, 0.1) is 11.6 Å². The summed E-state index contributed by atoms with van der Waals surface area (Å²) < 4.78 is 25.9. The van der Waals surface area contributed by atoms with Crippen LogP contribution in [-0.4, -0.2) is 34.7 Å². The van der Waals surface area contributed by atoms with Crippen molar-refractivity contribution in [3.63, 3.8) is 0 Å². The molecule has 3 N–H and O–H groups in total. The van der Waals surface area contributed by atoms with Gasteiger partial charge in [-0.3, -0.25) is 4.79 Å². The van der Waals surface area contributed by atoms with Crippen LogP contribution >= 0.6 is 0 Å². The van der Waals surface area contributed by atoms with E-state index in [0.29, 0.717) is 6.07 Å². The van der Waals surface area contributed by atoms with Gasteiger partial charge in [-0.25, -0.2) is 13.6 Å². The zero-order chi connectivity index (χ0) is 13.7. The Kier molecular flexibility index (Phi) is 4.73. The molecular formula is C11H11F2NO4. The number of carboxylic acid groups (broad SMARTS) is 1. The number of aliphatic hydroxyl groups excluding tert-OH is 1. The molecule has 0 spiro atoms. The summed E-state index contributed by atoms with van der Waals surface area (Å²) in [5.41, 5.74) is -0.458. The maximum Gasteiger partial charge on any atom is 0.326 e. The van der Waals surface area contributed by atoms with Crippen molar-refractivity contribution in [3.05, 3.63) is 35.4 Å². The fourth-order valence-corrected chi connectivity index (χ4v) is 1.30. The number of carboxylic acids is 1. The molecule has 1 aromatic rings. The summed E-state index contributed by atoms with van der Waals surface area (Å²) in [5, 5.41) is 19.4. The molecule has 0 aliphatic heterocycles. The molecular weight excluding hydrogens is 248 g/mol. The monoisotopic (exact) mass is 259 g/mol. The van der Waals surface area contributed by atoms with Crippen molar-refractivity contribution < 1.29 is 28.6 Å². The molecule has 98 valence electrons. The number of nitrogens with one attached hydrogen (secondary N) is 1. The molecule has 0 saturated carbocycles. The van der Waals surface area contributed by atoms with Crippen molar-refractivity contribution in [1.82, 2.24) is 5.32 Å². The summed E-state index contributed by atoms with van der Waals surface area (Å²) in [6.45, 7) is -0.441. The molecule has 0 radical (unpaired) electrons. The van der Waals surface area contributed by atoms with Crippen LogP contribution < -0.4 is 5.32 Å². The Morgan fingerprint density at radius 3 is 2.50 bits per heavy atom. The molecule has 18 heavy (non-hydrogen) atoms. The zero-order valence-electron chi connectivity index (χ0n) is 9.19. The first-order valence-corrected chi connectivity index (χ1v) is 5.05. The van der Waals surface area contributed by atoms with Gasteiger partial charge in [0.05, 0.1) is 5.56 Å². The smallest absolute Gasteiger partial charge is 0.326 e. The van der Waals surface area contributed by atoms with Crippen molar-refractivity contribution in [3.8, 4) is 0 Å². The number of amides is 1. The van der Waals surface area contributed by atoms with Crippen LogP contribution in [0.4, 0.5) is 8.78 Å². The Morgan fingerprint density at radius 1 is 1.33 bits per heavy atom. The summed E-state index contributed by atoms with van der Waals surface area (Å²) >= 11 is 0. The van der Waals surface area contributed by atoms with Crippen molar-refractivity contribution in [1.29, 1.82) is 0 Å². The predicted molar refractivity (Wildman–Crippen MR) is 57.0 cm³/mol. The largest absolute Gasteiger partial charge is 0.480 e. The number of benzene rings is 1. The molecule has 0 aliphatic rings. The minimum Gasteiger partial charge on any atom is -0.480 e. The molecule has 0 aromatic heterocycles. The lowest BCUT2D eigenvalue weighted by atomic mass is 10.1. The van der Waals surface area contributed by atoms with Gasteiger partial charge in [-0.2, -0.15) is 0 Å². The van der Waals surface area contributed by atoms with Crippen molar-refractivity contribution >= 4 is 11.9 Å². The summed E-state index contributed by atoms with van der Waals surface area (Å²) in [4.78, 5) is 22.3. The van der Waals surface area contributed by atoms with E-state index in [-0.39, 0.29) is 6.42 Å². The number of carbonyl (C=O) groups is 2. The van der Waals surface area contributed by atoms with E-state index in [1.165, 1.54) is 0 Å². The van der Waals surface area contributed by atoms with E-state index in [1.54, 1.807) is 0 Å². The quantitative estimate of drug-likeness (QED) is 0.720. The average molecular weight is 259 g/mol. The van der Waals surface area contributed by atoms with Crippen LogP contribution in [-0.2, 0) is 4.79 Å². The van der Waals surface area contributed by atoms with Gasteiger partial charge in [0.1, 0.15) is 17.7 Å². The van der Waals surface area contributed by atoms with Gasteiger partial charge in [-0.15, -0.1) is 0 Å². The summed E-state index contributed by atoms with van der Waals surface area (Å²) in [6.07, 6.45) is -0.204. The number of aliphatic hydroxyl groups is 1. The average Bonchev–Trinajstić information content (AvgIpc) is 2.27. The highest BCUT2D eigenvalue weighted by molar-refractivity contribution is 5.96. The van der Waals surface area contributed by atoms with Gasteiger partial charge in [0.15, 0.2) is 0 Å². The fraction of sp³-hybridized carbons (Fsp3) is 0.273. The molecule has 0 unspecified atom stereocenters. The maximum absolute atomic E-state index is 13.2. The van der Waals surface area contributed by atoms with Gasteiger partial charge >= 0.3 is 5.97 Å². The molecule has 7 heteroatoms. The lowest BCUT2D eigenvalue weighted by Gasteiger charge is -2.13. The van der Waals surface area contributed by atoms with Crippen LogP contribution in [0.3, 0.4) is 0 Å². The molecule has 1 rings (SSSR count). The van der Waals surface area contributed by atoms with Gasteiger partial charge in [-0.1, -0.05) is 0 Å². The standard InChI is InChI=1S/C11H11F2NO4/c12-6-1-2-7(8(13)5-6)10(16)14-9(3-4-15)11(17)18/h1-2,5,9,15H,3-4H2,(H,14,16)(H,17,18)/t9-/m1/s1. The predicted octanol–water partition coefficient (Wildman–Crippen LogP) is 0.530. The number of carbonyl (C=O) groups excluding carboxylic acids is 1. The van der Waals surface area contributed by atoms with E-state index in [4.69, 9.17) is 10.2 Å². The molecule has 0 aliphatic carbocycles. The number of hydrogen-bond acceptors (Lipinski definition) is 3. The topological polar surface area (TPSA) is 86.6 Å². The normalized spacial score (nSPS) is 11.9. The number of hydrogen-bond donors (Lipinski definition) is 3. The Labute approximate surface area is 101 Å². The molecule has 0 bridgehead atoms. The van der Waals surface area contributed by atoms with Gasteiger partial charge in [0.25, 0.3) is 5.91 Å². The SMILES string of the molecule is O=C(N[C@H](CCO)C(=O)O)c1ccc(F)cc1F. The maximum atomic E-state index is 13.2. The zero-order valence-corrected chi connectivity index (χ0v) is 9.19. The van der Waals surface area contributed by atoms with Gasteiger partial charge in [-0.05, 0) is 12.1 Å². The first-order valence-electron chi connectivity index (χ1n) is 5.05. The van der Waals surface area contributed by atoms with Crippen LogP contribution in [0.2, 0.25) is 0 Å². The third-order valence-corrected chi connectivity index (χ3v) is 2.20. The van der Waals surface area contributed by atoms with Gasteiger partial charge in [0, 0.05) is 19.1 Å². The van der Waals surface area contributed by atoms with Gasteiger partial charge in [0.2, 0.25) is 0 Å². The minimum atomic E-state index is -1.35. The highest BCUT2D eigenvalue weighted by Gasteiger charge is 2.21. The van der Waals surface area contributed by atoms with Crippen molar-refractivity contribution in [2.75, 3.05) is 6.61 Å². The third kappa shape index (κ3) is 3.49. The highest BCUT2D eigenvalue weighted by Crippen LogP contribution is 2.09. The second-order valence-electron chi connectivity index (χ2n) is 3.50. The molecule has 0 saturated heterocycles. The van der Waals surface area contributed by atoms with Gasteiger partial charge < -0.3 is 15.5 Å². The fourth-order valence-electron chi connectivity index (χ4n) is 1.30. The molecule has 1 aromatic carbocycles. The molecule has 1 amide bonds. The molecule has 5 nitrogen and oxygen atoms in total. The lowest BCUT2D eigenvalue weighted by Crippen LogP contribution is -2.41. The second-order valence-corrected chi connectivity index (χ2v) is 3.50. The van der Waals surface area contributed by atoms with Crippen LogP contribution in [0.25, 0.3) is 0 Å².